The van der Waals surface area contributed by atoms with Gasteiger partial charge in [0, 0.05) is 5.02 Å². The predicted molar refractivity (Wildman–Crippen MR) is 66.9 cm³/mol. The van der Waals surface area contributed by atoms with E-state index in [1.54, 1.807) is 31.2 Å². The second kappa shape index (κ2) is 6.77. The Labute approximate surface area is 114 Å². The molecule has 1 aromatic carbocycles. The van der Waals surface area contributed by atoms with Gasteiger partial charge in [0.25, 0.3) is 0 Å². The number of hydrogen-bond acceptors (Lipinski definition) is 2. The Morgan fingerprint density at radius 1 is 1.32 bits per heavy atom. The summed E-state index contributed by atoms with van der Waals surface area (Å²) in [7, 11) is 0. The Balaban J connectivity index is 2.38. The first-order valence-corrected chi connectivity index (χ1v) is 5.98. The zero-order valence-electron chi connectivity index (χ0n) is 10.2. The van der Waals surface area contributed by atoms with E-state index < -0.39 is 18.6 Å². The average molecular weight is 295 g/mol. The van der Waals surface area contributed by atoms with E-state index in [-0.39, 0.29) is 12.6 Å². The number of rotatable bonds is 5. The summed E-state index contributed by atoms with van der Waals surface area (Å²) in [5, 5.41) is 5.20. The van der Waals surface area contributed by atoms with Gasteiger partial charge < -0.3 is 10.6 Å². The van der Waals surface area contributed by atoms with Crippen LogP contribution in [-0.2, 0) is 4.79 Å². The number of amides is 1. The molecule has 1 amide bonds. The topological polar surface area (TPSA) is 41.1 Å². The Morgan fingerprint density at radius 3 is 2.42 bits per heavy atom. The zero-order chi connectivity index (χ0) is 14.5. The Hall–Kier alpha value is -1.27. The smallest absolute Gasteiger partial charge is 0.348 e. The molecule has 0 aromatic heterocycles. The molecule has 1 rings (SSSR count). The van der Waals surface area contributed by atoms with E-state index in [2.05, 4.69) is 5.32 Å². The van der Waals surface area contributed by atoms with E-state index in [1.165, 1.54) is 0 Å². The molecule has 0 aliphatic rings. The van der Waals surface area contributed by atoms with Crippen molar-refractivity contribution in [1.82, 2.24) is 10.6 Å². The Bertz CT molecular complexity index is 420. The van der Waals surface area contributed by atoms with Crippen LogP contribution in [0.1, 0.15) is 18.5 Å². The minimum atomic E-state index is -4.32. The van der Waals surface area contributed by atoms with Gasteiger partial charge in [-0.2, -0.15) is 13.2 Å². The first-order chi connectivity index (χ1) is 8.78. The molecule has 3 nitrogen and oxygen atoms in total. The van der Waals surface area contributed by atoms with Crippen molar-refractivity contribution in [1.29, 1.82) is 0 Å². The molecular formula is C12H14ClF3N2O. The number of halogens is 4. The lowest BCUT2D eigenvalue weighted by Crippen LogP contribution is -2.39. The highest BCUT2D eigenvalue weighted by molar-refractivity contribution is 6.30. The lowest BCUT2D eigenvalue weighted by atomic mass is 10.1. The van der Waals surface area contributed by atoms with Gasteiger partial charge in [0.05, 0.1) is 19.1 Å². The molecule has 106 valence electrons. The van der Waals surface area contributed by atoms with Gasteiger partial charge in [-0.1, -0.05) is 23.7 Å². The maximum Gasteiger partial charge on any atom is 0.401 e. The van der Waals surface area contributed by atoms with E-state index in [1.807, 2.05) is 5.32 Å². The normalized spacial score (nSPS) is 13.1. The number of hydrogen-bond donors (Lipinski definition) is 2. The van der Waals surface area contributed by atoms with E-state index >= 15 is 0 Å². The van der Waals surface area contributed by atoms with E-state index in [9.17, 15) is 18.0 Å². The van der Waals surface area contributed by atoms with Crippen molar-refractivity contribution in [3.05, 3.63) is 34.9 Å². The molecule has 0 spiro atoms. The molecule has 0 radical (unpaired) electrons. The first kappa shape index (κ1) is 15.8. The van der Waals surface area contributed by atoms with Crippen LogP contribution < -0.4 is 10.6 Å². The minimum Gasteiger partial charge on any atom is -0.348 e. The van der Waals surface area contributed by atoms with Crippen LogP contribution >= 0.6 is 11.6 Å². The van der Waals surface area contributed by atoms with Crippen molar-refractivity contribution in [2.24, 2.45) is 0 Å². The maximum absolute atomic E-state index is 11.9. The lowest BCUT2D eigenvalue weighted by Gasteiger charge is -2.15. The molecule has 0 fully saturated rings. The fraction of sp³-hybridized carbons (Fsp3) is 0.417. The molecule has 1 aromatic rings. The number of carbonyl (C=O) groups excluding carboxylic acids is 1. The fourth-order valence-electron chi connectivity index (χ4n) is 1.45. The van der Waals surface area contributed by atoms with Gasteiger partial charge in [-0.05, 0) is 24.6 Å². The zero-order valence-corrected chi connectivity index (χ0v) is 11.0. The number of nitrogens with one attached hydrogen (secondary N) is 2. The van der Waals surface area contributed by atoms with Crippen molar-refractivity contribution in [3.8, 4) is 0 Å². The average Bonchev–Trinajstić information content (AvgIpc) is 2.27. The van der Waals surface area contributed by atoms with Crippen LogP contribution in [0.5, 0.6) is 0 Å². The largest absolute Gasteiger partial charge is 0.401 e. The second-order valence-electron chi connectivity index (χ2n) is 4.06. The van der Waals surface area contributed by atoms with Crippen LogP contribution in [0.3, 0.4) is 0 Å². The highest BCUT2D eigenvalue weighted by Crippen LogP contribution is 2.16. The van der Waals surface area contributed by atoms with Crippen molar-refractivity contribution < 1.29 is 18.0 Å². The van der Waals surface area contributed by atoms with Crippen molar-refractivity contribution in [2.75, 3.05) is 13.1 Å². The van der Waals surface area contributed by atoms with Crippen LogP contribution in [0, 0.1) is 0 Å². The maximum atomic E-state index is 11.9. The highest BCUT2D eigenvalue weighted by Gasteiger charge is 2.26. The summed E-state index contributed by atoms with van der Waals surface area (Å²) in [5.41, 5.74) is 0.827. The number of carbonyl (C=O) groups is 1. The van der Waals surface area contributed by atoms with E-state index in [0.717, 1.165) is 5.56 Å². The highest BCUT2D eigenvalue weighted by atomic mass is 35.5. The van der Waals surface area contributed by atoms with Gasteiger partial charge in [-0.15, -0.1) is 0 Å². The van der Waals surface area contributed by atoms with Gasteiger partial charge in [0.1, 0.15) is 0 Å². The molecule has 0 heterocycles. The molecule has 1 unspecified atom stereocenters. The number of alkyl halides is 3. The van der Waals surface area contributed by atoms with Crippen LogP contribution in [0.4, 0.5) is 13.2 Å². The van der Waals surface area contributed by atoms with Crippen LogP contribution in [-0.4, -0.2) is 25.2 Å². The lowest BCUT2D eigenvalue weighted by molar-refractivity contribution is -0.128. The molecule has 0 bridgehead atoms. The molecule has 19 heavy (non-hydrogen) atoms. The van der Waals surface area contributed by atoms with Gasteiger partial charge in [-0.3, -0.25) is 4.79 Å². The van der Waals surface area contributed by atoms with Crippen molar-refractivity contribution in [3.63, 3.8) is 0 Å². The first-order valence-electron chi connectivity index (χ1n) is 5.60. The molecule has 0 aliphatic heterocycles. The monoisotopic (exact) mass is 294 g/mol. The third-order valence-electron chi connectivity index (χ3n) is 2.36. The molecule has 7 heteroatoms. The van der Waals surface area contributed by atoms with Gasteiger partial charge in [-0.25, -0.2) is 0 Å². The van der Waals surface area contributed by atoms with Crippen LogP contribution in [0.15, 0.2) is 24.3 Å². The molecule has 1 atom stereocenters. The summed E-state index contributed by atoms with van der Waals surface area (Å²) in [5.74, 6) is -0.494. The number of benzene rings is 1. The molecule has 0 saturated carbocycles. The summed E-state index contributed by atoms with van der Waals surface area (Å²) in [6, 6.07) is 6.56. The summed E-state index contributed by atoms with van der Waals surface area (Å²) < 4.78 is 35.6. The van der Waals surface area contributed by atoms with E-state index in [0.29, 0.717) is 5.02 Å². The van der Waals surface area contributed by atoms with Gasteiger partial charge in [0.15, 0.2) is 0 Å². The third-order valence-corrected chi connectivity index (χ3v) is 2.61. The summed E-state index contributed by atoms with van der Waals surface area (Å²) in [6.45, 7) is 0.179. The van der Waals surface area contributed by atoms with Gasteiger partial charge >= 0.3 is 6.18 Å². The Morgan fingerprint density at radius 2 is 1.89 bits per heavy atom. The van der Waals surface area contributed by atoms with Crippen LogP contribution in [0.2, 0.25) is 5.02 Å². The van der Waals surface area contributed by atoms with E-state index in [4.69, 9.17) is 11.6 Å². The quantitative estimate of drug-likeness (QED) is 0.876. The Kier molecular flexibility index (Phi) is 5.62. The minimum absolute atomic E-state index is 0.294. The van der Waals surface area contributed by atoms with Crippen molar-refractivity contribution in [2.45, 2.75) is 19.1 Å². The van der Waals surface area contributed by atoms with Crippen molar-refractivity contribution >= 4 is 17.5 Å². The third kappa shape index (κ3) is 6.45. The predicted octanol–water partition coefficient (Wildman–Crippen LogP) is 2.67. The standard InChI is InChI=1S/C12H14ClF3N2O/c1-8(9-2-4-10(13)5-3-9)18-11(19)6-17-7-12(14,15)16/h2-5,8,17H,6-7H2,1H3,(H,18,19). The summed E-state index contributed by atoms with van der Waals surface area (Å²) in [4.78, 5) is 11.4. The van der Waals surface area contributed by atoms with Gasteiger partial charge in [0.2, 0.25) is 5.91 Å². The summed E-state index contributed by atoms with van der Waals surface area (Å²) in [6.07, 6.45) is -4.32. The molecule has 0 aliphatic carbocycles. The molecule has 0 saturated heterocycles. The molecular weight excluding hydrogens is 281 g/mol. The SMILES string of the molecule is CC(NC(=O)CNCC(F)(F)F)c1ccc(Cl)cc1. The summed E-state index contributed by atoms with van der Waals surface area (Å²) >= 11 is 5.73. The second-order valence-corrected chi connectivity index (χ2v) is 4.50. The van der Waals surface area contributed by atoms with Crippen LogP contribution in [0.25, 0.3) is 0 Å². The molecule has 2 N–H and O–H groups in total. The fourth-order valence-corrected chi connectivity index (χ4v) is 1.57.